The average Bonchev–Trinajstić information content (AvgIpc) is 2.70. The smallest absolute Gasteiger partial charge is 0.373 e. The summed E-state index contributed by atoms with van der Waals surface area (Å²) in [6, 6.07) is 0. The van der Waals surface area contributed by atoms with Crippen molar-refractivity contribution in [2.75, 3.05) is 6.61 Å². The van der Waals surface area contributed by atoms with Crippen LogP contribution >= 0.6 is 0 Å². The van der Waals surface area contributed by atoms with Gasteiger partial charge >= 0.3 is 17.9 Å². The zero-order chi connectivity index (χ0) is 23.5. The summed E-state index contributed by atoms with van der Waals surface area (Å²) in [5.74, 6) is -3.89. The fourth-order valence-electron chi connectivity index (χ4n) is 3.17. The average molecular weight is 441 g/mol. The summed E-state index contributed by atoms with van der Waals surface area (Å²) in [7, 11) is 0. The third-order valence-corrected chi connectivity index (χ3v) is 5.10. The first-order valence-corrected chi connectivity index (χ1v) is 11.8. The molecule has 0 spiro atoms. The minimum absolute atomic E-state index is 0.0172. The second kappa shape index (κ2) is 18.0. The van der Waals surface area contributed by atoms with Crippen molar-refractivity contribution in [1.82, 2.24) is 0 Å². The van der Waals surface area contributed by atoms with Gasteiger partial charge in [0, 0.05) is 17.8 Å². The lowest BCUT2D eigenvalue weighted by atomic mass is 10.0. The Morgan fingerprint density at radius 3 is 1.23 bits per heavy atom. The molecule has 0 aromatic heterocycles. The molecule has 0 aliphatic rings. The zero-order valence-corrected chi connectivity index (χ0v) is 19.8. The third-order valence-electron chi connectivity index (χ3n) is 5.10. The second-order valence-electron chi connectivity index (χ2n) is 8.48. The van der Waals surface area contributed by atoms with Gasteiger partial charge < -0.3 is 19.7 Å². The maximum Gasteiger partial charge on any atom is 0.373 e. The molecule has 6 heteroatoms. The molecule has 0 saturated carbocycles. The largest absolute Gasteiger partial charge is 0.396 e. The highest BCUT2D eigenvalue weighted by molar-refractivity contribution is 5.88. The Labute approximate surface area is 188 Å². The van der Waals surface area contributed by atoms with E-state index in [-0.39, 0.29) is 17.6 Å². The number of unbranched alkanes of at least 4 members (excludes halogenated alkanes) is 13. The standard InChI is InChI=1S/C25H44O6/c1-21(2)23(27)30-25(29,31-24(28)22(3)4)19-17-15-13-11-9-7-5-6-8-10-12-14-16-18-20-26/h26,29H,1,3,5-20H2,2,4H3. The normalized spacial score (nSPS) is 11.2. The first kappa shape index (κ1) is 29.3. The molecule has 0 aliphatic carbocycles. The summed E-state index contributed by atoms with van der Waals surface area (Å²) < 4.78 is 9.92. The molecule has 0 heterocycles. The topological polar surface area (TPSA) is 93.1 Å². The van der Waals surface area contributed by atoms with Crippen LogP contribution in [0, 0.1) is 0 Å². The molecule has 0 amide bonds. The predicted octanol–water partition coefficient (Wildman–Crippen LogP) is 5.71. The van der Waals surface area contributed by atoms with E-state index in [0.29, 0.717) is 13.0 Å². The van der Waals surface area contributed by atoms with E-state index in [2.05, 4.69) is 13.2 Å². The van der Waals surface area contributed by atoms with Crippen molar-refractivity contribution in [3.63, 3.8) is 0 Å². The second-order valence-corrected chi connectivity index (χ2v) is 8.48. The molecule has 0 aliphatic heterocycles. The molecular weight excluding hydrogens is 396 g/mol. The molecule has 6 nitrogen and oxygen atoms in total. The number of hydrogen-bond acceptors (Lipinski definition) is 6. The van der Waals surface area contributed by atoms with Crippen LogP contribution in [0.25, 0.3) is 0 Å². The van der Waals surface area contributed by atoms with E-state index in [1.807, 2.05) is 0 Å². The lowest BCUT2D eigenvalue weighted by Crippen LogP contribution is -2.40. The zero-order valence-electron chi connectivity index (χ0n) is 19.8. The highest BCUT2D eigenvalue weighted by Gasteiger charge is 2.36. The van der Waals surface area contributed by atoms with Crippen LogP contribution < -0.4 is 0 Å². The fraction of sp³-hybridized carbons (Fsp3) is 0.760. The lowest BCUT2D eigenvalue weighted by molar-refractivity contribution is -0.325. The van der Waals surface area contributed by atoms with Crippen LogP contribution in [0.4, 0.5) is 0 Å². The van der Waals surface area contributed by atoms with Gasteiger partial charge in [0.2, 0.25) is 0 Å². The number of aliphatic hydroxyl groups is 2. The minimum atomic E-state index is -2.29. The molecular formula is C25H44O6. The minimum Gasteiger partial charge on any atom is -0.396 e. The number of esters is 2. The fourth-order valence-corrected chi connectivity index (χ4v) is 3.17. The Kier molecular flexibility index (Phi) is 17.0. The van der Waals surface area contributed by atoms with Crippen LogP contribution in [0.5, 0.6) is 0 Å². The number of aliphatic hydroxyl groups excluding tert-OH is 1. The molecule has 2 N–H and O–H groups in total. The van der Waals surface area contributed by atoms with Gasteiger partial charge in [0.25, 0.3) is 0 Å². The molecule has 0 rings (SSSR count). The Morgan fingerprint density at radius 1 is 0.645 bits per heavy atom. The molecule has 0 aromatic rings. The van der Waals surface area contributed by atoms with Crippen LogP contribution in [-0.2, 0) is 19.1 Å². The Bertz CT molecular complexity index is 512. The number of carbonyl (C=O) groups excluding carboxylic acids is 2. The van der Waals surface area contributed by atoms with E-state index in [9.17, 15) is 14.7 Å². The van der Waals surface area contributed by atoms with E-state index in [0.717, 1.165) is 32.1 Å². The summed E-state index contributed by atoms with van der Waals surface area (Å²) in [6.45, 7) is 10.2. The van der Waals surface area contributed by atoms with Gasteiger partial charge in [-0.3, -0.25) is 0 Å². The van der Waals surface area contributed by atoms with Gasteiger partial charge in [0.15, 0.2) is 0 Å². The molecule has 0 saturated heterocycles. The van der Waals surface area contributed by atoms with E-state index in [4.69, 9.17) is 14.6 Å². The first-order chi connectivity index (χ1) is 14.7. The van der Waals surface area contributed by atoms with Gasteiger partial charge in [-0.1, -0.05) is 90.2 Å². The predicted molar refractivity (Wildman–Crippen MR) is 123 cm³/mol. The Hall–Kier alpha value is -1.66. The van der Waals surface area contributed by atoms with Gasteiger partial charge in [0.1, 0.15) is 0 Å². The number of carbonyl (C=O) groups is 2. The monoisotopic (exact) mass is 440 g/mol. The number of rotatable bonds is 20. The highest BCUT2D eigenvalue weighted by Crippen LogP contribution is 2.22. The summed E-state index contributed by atoms with van der Waals surface area (Å²) in [4.78, 5) is 23.5. The van der Waals surface area contributed by atoms with Gasteiger partial charge in [-0.05, 0) is 26.7 Å². The first-order valence-electron chi connectivity index (χ1n) is 11.8. The van der Waals surface area contributed by atoms with Crippen molar-refractivity contribution in [2.24, 2.45) is 0 Å². The quantitative estimate of drug-likeness (QED) is 0.109. The lowest BCUT2D eigenvalue weighted by Gasteiger charge is -2.27. The maximum atomic E-state index is 11.8. The van der Waals surface area contributed by atoms with Gasteiger partial charge in [-0.2, -0.15) is 0 Å². The van der Waals surface area contributed by atoms with Crippen molar-refractivity contribution >= 4 is 11.9 Å². The van der Waals surface area contributed by atoms with E-state index in [1.54, 1.807) is 0 Å². The molecule has 0 aromatic carbocycles. The van der Waals surface area contributed by atoms with Crippen LogP contribution in [-0.4, -0.2) is 34.7 Å². The summed E-state index contributed by atoms with van der Waals surface area (Å²) in [5, 5.41) is 19.2. The van der Waals surface area contributed by atoms with Gasteiger partial charge in [0.05, 0.1) is 6.42 Å². The van der Waals surface area contributed by atoms with Crippen molar-refractivity contribution < 1.29 is 29.3 Å². The molecule has 0 bridgehead atoms. The molecule has 0 atom stereocenters. The third kappa shape index (κ3) is 16.7. The van der Waals surface area contributed by atoms with Crippen LogP contribution in [0.3, 0.4) is 0 Å². The van der Waals surface area contributed by atoms with Gasteiger partial charge in [-0.15, -0.1) is 0 Å². The maximum absolute atomic E-state index is 11.8. The van der Waals surface area contributed by atoms with Crippen molar-refractivity contribution in [3.8, 4) is 0 Å². The molecule has 0 radical (unpaired) electrons. The Balaban J connectivity index is 3.89. The number of hydrogen-bond donors (Lipinski definition) is 2. The summed E-state index contributed by atoms with van der Waals surface area (Å²) in [5.41, 5.74) is 0.234. The van der Waals surface area contributed by atoms with Crippen LogP contribution in [0.15, 0.2) is 24.3 Å². The summed E-state index contributed by atoms with van der Waals surface area (Å²) in [6.07, 6.45) is 15.7. The van der Waals surface area contributed by atoms with Crippen molar-refractivity contribution in [2.45, 2.75) is 116 Å². The SMILES string of the molecule is C=C(C)C(=O)OC(O)(CCCCCCCCCCCCCCCCO)OC(=O)C(=C)C. The molecule has 31 heavy (non-hydrogen) atoms. The molecule has 0 fully saturated rings. The van der Waals surface area contributed by atoms with E-state index < -0.39 is 17.9 Å². The van der Waals surface area contributed by atoms with Crippen molar-refractivity contribution in [3.05, 3.63) is 24.3 Å². The Morgan fingerprint density at radius 2 is 0.935 bits per heavy atom. The van der Waals surface area contributed by atoms with Crippen molar-refractivity contribution in [1.29, 1.82) is 0 Å². The highest BCUT2D eigenvalue weighted by atomic mass is 16.8. The molecule has 180 valence electrons. The molecule has 0 unspecified atom stereocenters. The number of ether oxygens (including phenoxy) is 2. The van der Waals surface area contributed by atoms with Gasteiger partial charge in [-0.25, -0.2) is 9.59 Å². The van der Waals surface area contributed by atoms with Crippen LogP contribution in [0.1, 0.15) is 110 Å². The van der Waals surface area contributed by atoms with Crippen LogP contribution in [0.2, 0.25) is 0 Å². The van der Waals surface area contributed by atoms with E-state index in [1.165, 1.54) is 65.2 Å². The summed E-state index contributed by atoms with van der Waals surface area (Å²) >= 11 is 0. The van der Waals surface area contributed by atoms with E-state index >= 15 is 0 Å².